The topological polar surface area (TPSA) is 109 Å². The van der Waals surface area contributed by atoms with E-state index < -0.39 is 48.1 Å². The Kier molecular flexibility index (Phi) is 6.84. The smallest absolute Gasteiger partial charge is 0.465 e. The van der Waals surface area contributed by atoms with Crippen LogP contribution in [-0.2, 0) is 31.8 Å². The number of carbonyl (C=O) groups excluding carboxylic acids is 1. The quantitative estimate of drug-likeness (QED) is 0.580. The summed E-state index contributed by atoms with van der Waals surface area (Å²) < 4.78 is 58.1. The summed E-state index contributed by atoms with van der Waals surface area (Å²) in [4.78, 5) is 27.0. The minimum Gasteiger partial charge on any atom is -0.465 e. The molecule has 1 aromatic rings. The lowest BCUT2D eigenvalue weighted by atomic mass is 9.74. The molecule has 0 spiro atoms. The van der Waals surface area contributed by atoms with Crippen LogP contribution < -0.4 is 5.46 Å². The van der Waals surface area contributed by atoms with Gasteiger partial charge in [0.1, 0.15) is 0 Å². The van der Waals surface area contributed by atoms with Gasteiger partial charge < -0.3 is 29.2 Å². The van der Waals surface area contributed by atoms with E-state index in [9.17, 15) is 33.0 Å². The Bertz CT molecular complexity index is 1080. The van der Waals surface area contributed by atoms with E-state index in [1.807, 2.05) is 33.8 Å². The monoisotopic (exact) mass is 528 g/mol. The van der Waals surface area contributed by atoms with Gasteiger partial charge in [0.2, 0.25) is 5.60 Å². The molecular weight excluding hydrogens is 496 g/mol. The molecule has 37 heavy (non-hydrogen) atoms. The SMILES string of the molecule is CC1(C)OB(c2cc3c(c([C@@H]4COCCN4C(=O)O)c2)CN(C(=O)[C@](C)(O)C(F)(F)F)CC3)OC1(C)C. The zero-order chi connectivity index (χ0) is 27.6. The van der Waals surface area contributed by atoms with Crippen molar-refractivity contribution in [1.29, 1.82) is 0 Å². The van der Waals surface area contributed by atoms with Gasteiger partial charge in [0.25, 0.3) is 5.91 Å². The molecule has 0 unspecified atom stereocenters. The molecule has 2 atom stereocenters. The van der Waals surface area contributed by atoms with Crippen LogP contribution in [0.2, 0.25) is 0 Å². The molecule has 204 valence electrons. The summed E-state index contributed by atoms with van der Waals surface area (Å²) in [6.45, 7) is 8.16. The van der Waals surface area contributed by atoms with Gasteiger partial charge in [0.15, 0.2) is 0 Å². The third-order valence-electron chi connectivity index (χ3n) is 7.91. The normalized spacial score (nSPS) is 25.0. The van der Waals surface area contributed by atoms with Crippen molar-refractivity contribution in [3.63, 3.8) is 0 Å². The van der Waals surface area contributed by atoms with Gasteiger partial charge in [-0.1, -0.05) is 12.1 Å². The highest BCUT2D eigenvalue weighted by molar-refractivity contribution is 6.62. The molecule has 2 N–H and O–H groups in total. The summed E-state index contributed by atoms with van der Waals surface area (Å²) in [7, 11) is -0.748. The summed E-state index contributed by atoms with van der Waals surface area (Å²) in [5.41, 5.74) is -2.37. The lowest BCUT2D eigenvalue weighted by Crippen LogP contribution is -2.57. The van der Waals surface area contributed by atoms with Gasteiger partial charge >= 0.3 is 19.4 Å². The van der Waals surface area contributed by atoms with Crippen LogP contribution in [0.4, 0.5) is 18.0 Å². The number of halogens is 3. The maximum absolute atomic E-state index is 13.4. The molecule has 0 radical (unpaired) electrons. The van der Waals surface area contributed by atoms with Gasteiger partial charge in [-0.3, -0.25) is 9.69 Å². The van der Waals surface area contributed by atoms with Crippen molar-refractivity contribution < 1.29 is 47.0 Å². The molecule has 9 nitrogen and oxygen atoms in total. The van der Waals surface area contributed by atoms with Crippen molar-refractivity contribution in [1.82, 2.24) is 9.80 Å². The van der Waals surface area contributed by atoms with Crippen molar-refractivity contribution in [3.05, 3.63) is 28.8 Å². The lowest BCUT2D eigenvalue weighted by molar-refractivity contribution is -0.250. The van der Waals surface area contributed by atoms with Gasteiger partial charge in [-0.15, -0.1) is 0 Å². The minimum atomic E-state index is -5.15. The van der Waals surface area contributed by atoms with Crippen LogP contribution in [0, 0.1) is 0 Å². The molecule has 3 heterocycles. The summed E-state index contributed by atoms with van der Waals surface area (Å²) in [6, 6.07) is 2.81. The summed E-state index contributed by atoms with van der Waals surface area (Å²) in [5.74, 6) is -1.46. The Morgan fingerprint density at radius 3 is 2.30 bits per heavy atom. The minimum absolute atomic E-state index is 0.0414. The number of hydrogen-bond acceptors (Lipinski definition) is 6. The van der Waals surface area contributed by atoms with Crippen molar-refractivity contribution in [3.8, 4) is 0 Å². The molecule has 0 saturated carbocycles. The second kappa shape index (κ2) is 9.14. The molecule has 3 aliphatic heterocycles. The van der Waals surface area contributed by atoms with Crippen LogP contribution >= 0.6 is 0 Å². The molecule has 2 fully saturated rings. The van der Waals surface area contributed by atoms with Crippen LogP contribution in [0.25, 0.3) is 0 Å². The predicted molar refractivity (Wildman–Crippen MR) is 126 cm³/mol. The average Bonchev–Trinajstić information content (AvgIpc) is 3.03. The highest BCUT2D eigenvalue weighted by atomic mass is 19.4. The number of carboxylic acid groups (broad SMARTS) is 1. The Labute approximate surface area is 213 Å². The second-order valence-corrected chi connectivity index (χ2v) is 10.9. The molecule has 2 amide bonds. The van der Waals surface area contributed by atoms with E-state index >= 15 is 0 Å². The Hall–Kier alpha value is -2.35. The lowest BCUT2D eigenvalue weighted by Gasteiger charge is -2.39. The first-order valence-electron chi connectivity index (χ1n) is 12.1. The van der Waals surface area contributed by atoms with Crippen molar-refractivity contribution in [2.45, 2.75) is 76.6 Å². The van der Waals surface area contributed by atoms with Crippen molar-refractivity contribution >= 4 is 24.6 Å². The van der Waals surface area contributed by atoms with Gasteiger partial charge in [0.05, 0.1) is 30.5 Å². The number of carbonyl (C=O) groups is 2. The number of aliphatic hydroxyl groups is 1. The average molecular weight is 528 g/mol. The van der Waals surface area contributed by atoms with Crippen LogP contribution in [0.1, 0.15) is 57.4 Å². The van der Waals surface area contributed by atoms with E-state index in [-0.39, 0.29) is 39.3 Å². The Morgan fingerprint density at radius 2 is 1.73 bits per heavy atom. The van der Waals surface area contributed by atoms with Crippen LogP contribution in [0.15, 0.2) is 12.1 Å². The van der Waals surface area contributed by atoms with Crippen molar-refractivity contribution in [2.24, 2.45) is 0 Å². The van der Waals surface area contributed by atoms with Gasteiger partial charge in [-0.25, -0.2) is 4.79 Å². The van der Waals surface area contributed by atoms with E-state index in [1.54, 1.807) is 6.07 Å². The first-order chi connectivity index (χ1) is 17.0. The maximum atomic E-state index is 13.4. The second-order valence-electron chi connectivity index (χ2n) is 10.9. The predicted octanol–water partition coefficient (Wildman–Crippen LogP) is 2.24. The van der Waals surface area contributed by atoms with Gasteiger partial charge in [-0.05, 0) is 63.2 Å². The number of ether oxygens (including phenoxy) is 1. The standard InChI is InChI=1S/C24H32BF3N2O7/c1-21(2)22(3,4)37-25(36-21)15-10-14-6-7-29(19(31)23(5,34)24(26,27)28)12-17(14)16(11-15)18-13-35-9-8-30(18)20(32)33/h10-11,18,34H,6-9,12-13H2,1-5H3,(H,32,33)/t18-,23-/m0/s1. The number of hydrogen-bond donors (Lipinski definition) is 2. The zero-order valence-corrected chi connectivity index (χ0v) is 21.5. The largest absolute Gasteiger partial charge is 0.494 e. The highest BCUT2D eigenvalue weighted by Crippen LogP contribution is 2.39. The molecule has 0 bridgehead atoms. The zero-order valence-electron chi connectivity index (χ0n) is 21.5. The number of amides is 2. The third kappa shape index (κ3) is 4.82. The Balaban J connectivity index is 1.77. The molecule has 13 heteroatoms. The van der Waals surface area contributed by atoms with Crippen LogP contribution in [0.5, 0.6) is 0 Å². The number of alkyl halides is 3. The summed E-state index contributed by atoms with van der Waals surface area (Å²) in [6.07, 6.45) is -6.10. The highest BCUT2D eigenvalue weighted by Gasteiger charge is 2.57. The maximum Gasteiger partial charge on any atom is 0.494 e. The first-order valence-corrected chi connectivity index (χ1v) is 12.1. The fourth-order valence-corrected chi connectivity index (χ4v) is 4.83. The first kappa shape index (κ1) is 27.7. The van der Waals surface area contributed by atoms with Crippen LogP contribution in [-0.4, -0.2) is 88.4 Å². The van der Waals surface area contributed by atoms with E-state index in [1.165, 1.54) is 4.90 Å². The van der Waals surface area contributed by atoms with E-state index in [0.717, 1.165) is 10.5 Å². The van der Waals surface area contributed by atoms with Gasteiger partial charge in [0, 0.05) is 19.6 Å². The number of fused-ring (bicyclic) bond motifs is 1. The molecule has 0 aromatic heterocycles. The van der Waals surface area contributed by atoms with Gasteiger partial charge in [-0.2, -0.15) is 13.2 Å². The number of morpholine rings is 1. The molecular formula is C24H32BF3N2O7. The molecule has 0 aliphatic carbocycles. The number of rotatable bonds is 3. The number of nitrogens with zero attached hydrogens (tertiary/aromatic N) is 2. The number of benzene rings is 1. The summed E-state index contributed by atoms with van der Waals surface area (Å²) in [5, 5.41) is 19.8. The Morgan fingerprint density at radius 1 is 1.11 bits per heavy atom. The van der Waals surface area contributed by atoms with Crippen molar-refractivity contribution in [2.75, 3.05) is 26.3 Å². The fraction of sp³-hybridized carbons (Fsp3) is 0.667. The molecule has 1 aromatic carbocycles. The van der Waals surface area contributed by atoms with E-state index in [0.29, 0.717) is 23.5 Å². The fourth-order valence-electron chi connectivity index (χ4n) is 4.83. The molecule has 3 aliphatic rings. The van der Waals surface area contributed by atoms with E-state index in [2.05, 4.69) is 0 Å². The molecule has 4 rings (SSSR count). The third-order valence-corrected chi connectivity index (χ3v) is 7.91. The molecule has 2 saturated heterocycles. The van der Waals surface area contributed by atoms with E-state index in [4.69, 9.17) is 14.0 Å². The van der Waals surface area contributed by atoms with Crippen LogP contribution in [0.3, 0.4) is 0 Å². The summed E-state index contributed by atoms with van der Waals surface area (Å²) >= 11 is 0.